The van der Waals surface area contributed by atoms with E-state index in [-0.39, 0.29) is 17.4 Å². The first-order valence-corrected chi connectivity index (χ1v) is 10.8. The summed E-state index contributed by atoms with van der Waals surface area (Å²) < 4.78 is 5.74. The van der Waals surface area contributed by atoms with Gasteiger partial charge in [-0.25, -0.2) is 0 Å². The highest BCUT2D eigenvalue weighted by molar-refractivity contribution is 6.51. The number of rotatable bonds is 5. The van der Waals surface area contributed by atoms with Crippen LogP contribution >= 0.6 is 0 Å². The van der Waals surface area contributed by atoms with Gasteiger partial charge in [0, 0.05) is 23.6 Å². The summed E-state index contributed by atoms with van der Waals surface area (Å²) in [5, 5.41) is 11.3. The summed E-state index contributed by atoms with van der Waals surface area (Å²) in [4.78, 5) is 32.0. The minimum atomic E-state index is -0.787. The molecule has 1 aliphatic heterocycles. The van der Waals surface area contributed by atoms with Crippen molar-refractivity contribution in [3.05, 3.63) is 94.8 Å². The zero-order valence-electron chi connectivity index (χ0n) is 19.1. The normalized spacial score (nSPS) is 17.6. The molecule has 0 radical (unpaired) electrons. The quantitative estimate of drug-likeness (QED) is 0.337. The van der Waals surface area contributed by atoms with Gasteiger partial charge in [0.05, 0.1) is 17.7 Å². The number of pyridine rings is 1. The Morgan fingerprint density at radius 3 is 2.39 bits per heavy atom. The Kier molecular flexibility index (Phi) is 6.01. The van der Waals surface area contributed by atoms with Gasteiger partial charge in [0.1, 0.15) is 11.5 Å². The number of amides is 1. The monoisotopic (exact) mass is 442 g/mol. The number of anilines is 1. The van der Waals surface area contributed by atoms with Gasteiger partial charge in [-0.3, -0.25) is 19.5 Å². The Balaban J connectivity index is 1.90. The fourth-order valence-corrected chi connectivity index (χ4v) is 3.98. The minimum absolute atomic E-state index is 0.0334. The standard InChI is InChI=1S/C27H26N2O4/c1-16(2)33-22-7-5-6-20(15-22)25(30)23-24(19-10-12-28-13-11-19)29(27(32)26(23)31)21-9-8-17(3)18(4)14-21/h5-16,24,30H,1-4H3/b25-23+. The third kappa shape index (κ3) is 4.24. The third-order valence-electron chi connectivity index (χ3n) is 5.71. The van der Waals surface area contributed by atoms with E-state index in [1.54, 1.807) is 48.8 Å². The van der Waals surface area contributed by atoms with Gasteiger partial charge in [0.2, 0.25) is 0 Å². The number of aliphatic hydroxyl groups is 1. The molecule has 6 heteroatoms. The predicted molar refractivity (Wildman–Crippen MR) is 127 cm³/mol. The zero-order chi connectivity index (χ0) is 23.7. The van der Waals surface area contributed by atoms with E-state index in [9.17, 15) is 14.7 Å². The van der Waals surface area contributed by atoms with Crippen LogP contribution in [0, 0.1) is 13.8 Å². The number of nitrogens with zero attached hydrogens (tertiary/aromatic N) is 2. The summed E-state index contributed by atoms with van der Waals surface area (Å²) in [7, 11) is 0. The molecule has 168 valence electrons. The lowest BCUT2D eigenvalue weighted by molar-refractivity contribution is -0.132. The highest BCUT2D eigenvalue weighted by Gasteiger charge is 2.47. The molecule has 6 nitrogen and oxygen atoms in total. The lowest BCUT2D eigenvalue weighted by atomic mass is 9.95. The average Bonchev–Trinajstić information content (AvgIpc) is 3.06. The fraction of sp³-hybridized carbons (Fsp3) is 0.222. The van der Waals surface area contributed by atoms with Crippen molar-refractivity contribution in [2.24, 2.45) is 0 Å². The molecule has 0 bridgehead atoms. The second-order valence-electron chi connectivity index (χ2n) is 8.41. The Hall–Kier alpha value is -3.93. The summed E-state index contributed by atoms with van der Waals surface area (Å²) in [6, 6.07) is 15.2. The summed E-state index contributed by atoms with van der Waals surface area (Å²) >= 11 is 0. The van der Waals surface area contributed by atoms with Crippen LogP contribution in [0.4, 0.5) is 5.69 Å². The molecule has 3 aromatic rings. The van der Waals surface area contributed by atoms with Gasteiger partial charge in [0.15, 0.2) is 0 Å². The van der Waals surface area contributed by atoms with Crippen LogP contribution in [0.3, 0.4) is 0 Å². The number of carbonyl (C=O) groups excluding carboxylic acids is 2. The molecule has 33 heavy (non-hydrogen) atoms. The van der Waals surface area contributed by atoms with Crippen molar-refractivity contribution in [2.45, 2.75) is 39.8 Å². The lowest BCUT2D eigenvalue weighted by Gasteiger charge is -2.26. The maximum atomic E-state index is 13.2. The Morgan fingerprint density at radius 1 is 1.00 bits per heavy atom. The molecule has 1 N–H and O–H groups in total. The van der Waals surface area contributed by atoms with Crippen LogP contribution in [0.15, 0.2) is 72.6 Å². The molecular formula is C27H26N2O4. The number of carbonyl (C=O) groups is 2. The third-order valence-corrected chi connectivity index (χ3v) is 5.71. The largest absolute Gasteiger partial charge is 0.507 e. The average molecular weight is 443 g/mol. The number of benzene rings is 2. The van der Waals surface area contributed by atoms with Gasteiger partial charge in [-0.15, -0.1) is 0 Å². The summed E-state index contributed by atoms with van der Waals surface area (Å²) in [5.74, 6) is -1.09. The molecular weight excluding hydrogens is 416 g/mol. The molecule has 4 rings (SSSR count). The molecule has 1 amide bonds. The van der Waals surface area contributed by atoms with Crippen LogP contribution in [0.1, 0.15) is 42.1 Å². The Morgan fingerprint density at radius 2 is 1.73 bits per heavy atom. The van der Waals surface area contributed by atoms with E-state index < -0.39 is 17.7 Å². The zero-order valence-corrected chi connectivity index (χ0v) is 19.1. The first-order valence-electron chi connectivity index (χ1n) is 10.8. The number of hydrogen-bond donors (Lipinski definition) is 1. The minimum Gasteiger partial charge on any atom is -0.507 e. The second-order valence-corrected chi connectivity index (χ2v) is 8.41. The van der Waals surface area contributed by atoms with Crippen LogP contribution in [0.2, 0.25) is 0 Å². The number of hydrogen-bond acceptors (Lipinski definition) is 5. The van der Waals surface area contributed by atoms with Crippen molar-refractivity contribution in [1.82, 2.24) is 4.98 Å². The van der Waals surface area contributed by atoms with E-state index in [0.717, 1.165) is 11.1 Å². The molecule has 1 atom stereocenters. The maximum absolute atomic E-state index is 13.2. The first kappa shape index (κ1) is 22.3. The number of ketones is 1. The predicted octanol–water partition coefficient (Wildman–Crippen LogP) is 5.11. The molecule has 0 spiro atoms. The smallest absolute Gasteiger partial charge is 0.300 e. The van der Waals surface area contributed by atoms with Gasteiger partial charge in [-0.1, -0.05) is 18.2 Å². The molecule has 1 saturated heterocycles. The summed E-state index contributed by atoms with van der Waals surface area (Å²) in [5.41, 5.74) is 3.80. The Labute approximate surface area is 193 Å². The van der Waals surface area contributed by atoms with E-state index in [4.69, 9.17) is 4.74 Å². The van der Waals surface area contributed by atoms with E-state index in [0.29, 0.717) is 22.6 Å². The molecule has 2 heterocycles. The van der Waals surface area contributed by atoms with Crippen molar-refractivity contribution >= 4 is 23.1 Å². The molecule has 0 aliphatic carbocycles. The topological polar surface area (TPSA) is 79.7 Å². The number of aryl methyl sites for hydroxylation is 2. The Bertz CT molecular complexity index is 1250. The van der Waals surface area contributed by atoms with Crippen molar-refractivity contribution in [3.8, 4) is 5.75 Å². The van der Waals surface area contributed by atoms with Gasteiger partial charge < -0.3 is 9.84 Å². The number of Topliss-reactive ketones (excluding diaryl/α,β-unsaturated/α-hetero) is 1. The molecule has 1 unspecified atom stereocenters. The van der Waals surface area contributed by atoms with Crippen molar-refractivity contribution in [2.75, 3.05) is 4.90 Å². The lowest BCUT2D eigenvalue weighted by Crippen LogP contribution is -2.29. The number of aliphatic hydroxyl groups excluding tert-OH is 1. The van der Waals surface area contributed by atoms with Crippen LogP contribution < -0.4 is 9.64 Å². The van der Waals surface area contributed by atoms with E-state index in [1.165, 1.54) is 4.90 Å². The van der Waals surface area contributed by atoms with Gasteiger partial charge in [-0.05, 0) is 80.8 Å². The van der Waals surface area contributed by atoms with Gasteiger partial charge >= 0.3 is 0 Å². The van der Waals surface area contributed by atoms with Crippen molar-refractivity contribution < 1.29 is 19.4 Å². The molecule has 1 aromatic heterocycles. The van der Waals surface area contributed by atoms with Crippen LogP contribution in [-0.4, -0.2) is 27.9 Å². The first-order chi connectivity index (χ1) is 15.8. The number of ether oxygens (including phenoxy) is 1. The fourth-order valence-electron chi connectivity index (χ4n) is 3.98. The summed E-state index contributed by atoms with van der Waals surface area (Å²) in [6.45, 7) is 7.76. The molecule has 1 aliphatic rings. The maximum Gasteiger partial charge on any atom is 0.300 e. The molecule has 0 saturated carbocycles. The van der Waals surface area contributed by atoms with Gasteiger partial charge in [-0.2, -0.15) is 0 Å². The molecule has 1 fully saturated rings. The van der Waals surface area contributed by atoms with E-state index >= 15 is 0 Å². The van der Waals surface area contributed by atoms with E-state index in [1.807, 2.05) is 45.9 Å². The highest BCUT2D eigenvalue weighted by Crippen LogP contribution is 2.42. The van der Waals surface area contributed by atoms with Gasteiger partial charge in [0.25, 0.3) is 11.7 Å². The highest BCUT2D eigenvalue weighted by atomic mass is 16.5. The van der Waals surface area contributed by atoms with Crippen LogP contribution in [0.25, 0.3) is 5.76 Å². The van der Waals surface area contributed by atoms with Crippen LogP contribution in [0.5, 0.6) is 5.75 Å². The molecule has 2 aromatic carbocycles. The van der Waals surface area contributed by atoms with Crippen molar-refractivity contribution in [1.29, 1.82) is 0 Å². The van der Waals surface area contributed by atoms with E-state index in [2.05, 4.69) is 4.98 Å². The SMILES string of the molecule is Cc1ccc(N2C(=O)C(=O)/C(=C(/O)c3cccc(OC(C)C)c3)C2c2ccncc2)cc1C. The van der Waals surface area contributed by atoms with Crippen molar-refractivity contribution in [3.63, 3.8) is 0 Å². The summed E-state index contributed by atoms with van der Waals surface area (Å²) in [6.07, 6.45) is 3.16. The second kappa shape index (κ2) is 8.90. The number of aromatic nitrogens is 1. The van der Waals surface area contributed by atoms with Crippen LogP contribution in [-0.2, 0) is 9.59 Å².